The van der Waals surface area contributed by atoms with Crippen molar-refractivity contribution in [2.45, 2.75) is 97.8 Å². The van der Waals surface area contributed by atoms with Gasteiger partial charge in [0.25, 0.3) is 0 Å². The van der Waals surface area contributed by atoms with Crippen LogP contribution >= 0.6 is 0 Å². The summed E-state index contributed by atoms with van der Waals surface area (Å²) in [6, 6.07) is 4.58. The van der Waals surface area contributed by atoms with Gasteiger partial charge in [0.1, 0.15) is 11.5 Å². The number of fused-ring (bicyclic) bond motifs is 2. The Kier molecular flexibility index (Phi) is 6.14. The molecular formula is C27H42O2. The van der Waals surface area contributed by atoms with Gasteiger partial charge in [0.2, 0.25) is 0 Å². The van der Waals surface area contributed by atoms with Gasteiger partial charge < -0.3 is 9.47 Å². The molecule has 3 rings (SSSR count). The summed E-state index contributed by atoms with van der Waals surface area (Å²) in [5, 5.41) is 0. The summed E-state index contributed by atoms with van der Waals surface area (Å²) in [6.07, 6.45) is 11.4. The number of allylic oxidation sites excluding steroid dienone is 2. The van der Waals surface area contributed by atoms with E-state index < -0.39 is 0 Å². The normalized spacial score (nSPS) is 25.2. The quantitative estimate of drug-likeness (QED) is 0.312. The van der Waals surface area contributed by atoms with Gasteiger partial charge in [0, 0.05) is 11.5 Å². The molecule has 2 bridgehead atoms. The van der Waals surface area contributed by atoms with E-state index in [1.807, 2.05) is 14.2 Å². The molecule has 0 heterocycles. The predicted molar refractivity (Wildman–Crippen MR) is 123 cm³/mol. The Labute approximate surface area is 179 Å². The summed E-state index contributed by atoms with van der Waals surface area (Å²) >= 11 is 0. The minimum atomic E-state index is 0.114. The van der Waals surface area contributed by atoms with Gasteiger partial charge in [-0.3, -0.25) is 0 Å². The summed E-state index contributed by atoms with van der Waals surface area (Å²) in [6.45, 7) is 14.3. The second kappa shape index (κ2) is 8.00. The van der Waals surface area contributed by atoms with Gasteiger partial charge in [-0.1, -0.05) is 78.9 Å². The van der Waals surface area contributed by atoms with Crippen LogP contribution in [0.3, 0.4) is 0 Å². The second-order valence-corrected chi connectivity index (χ2v) is 10.7. The minimum absolute atomic E-state index is 0.114. The number of unbranched alkanes of at least 4 members (excludes halogenated alkanes) is 3. The van der Waals surface area contributed by atoms with E-state index >= 15 is 0 Å². The highest BCUT2D eigenvalue weighted by Crippen LogP contribution is 2.69. The largest absolute Gasteiger partial charge is 0.496 e. The van der Waals surface area contributed by atoms with E-state index in [0.29, 0.717) is 5.92 Å². The van der Waals surface area contributed by atoms with Crippen molar-refractivity contribution in [3.63, 3.8) is 0 Å². The van der Waals surface area contributed by atoms with Gasteiger partial charge in [-0.25, -0.2) is 0 Å². The molecule has 0 unspecified atom stereocenters. The first kappa shape index (κ1) is 22.2. The SMILES string of the molecule is CCCCCCC(C)(C)c1cc(OC)c([C@H]2C=C3CC[C@]2(C)C3(C)C)c(OC)c1. The molecule has 1 aromatic rings. The van der Waals surface area contributed by atoms with Gasteiger partial charge in [-0.05, 0) is 53.2 Å². The molecule has 2 nitrogen and oxygen atoms in total. The van der Waals surface area contributed by atoms with Crippen molar-refractivity contribution in [2.75, 3.05) is 14.2 Å². The van der Waals surface area contributed by atoms with Crippen molar-refractivity contribution in [1.29, 1.82) is 0 Å². The fourth-order valence-corrected chi connectivity index (χ4v) is 5.78. The Morgan fingerprint density at radius 1 is 1.00 bits per heavy atom. The maximum atomic E-state index is 5.99. The molecule has 0 N–H and O–H groups in total. The molecule has 0 radical (unpaired) electrons. The molecule has 0 aromatic heterocycles. The summed E-state index contributed by atoms with van der Waals surface area (Å²) < 4.78 is 12.0. The first-order valence-corrected chi connectivity index (χ1v) is 11.6. The highest BCUT2D eigenvalue weighted by atomic mass is 16.5. The maximum absolute atomic E-state index is 5.99. The molecule has 1 aromatic carbocycles. The Morgan fingerprint density at radius 3 is 2.07 bits per heavy atom. The topological polar surface area (TPSA) is 18.5 Å². The van der Waals surface area contributed by atoms with E-state index in [9.17, 15) is 0 Å². The second-order valence-electron chi connectivity index (χ2n) is 10.7. The molecule has 2 aliphatic carbocycles. The van der Waals surface area contributed by atoms with E-state index in [-0.39, 0.29) is 16.2 Å². The van der Waals surface area contributed by atoms with Crippen LogP contribution in [-0.4, -0.2) is 14.2 Å². The monoisotopic (exact) mass is 398 g/mol. The van der Waals surface area contributed by atoms with Crippen molar-refractivity contribution in [3.05, 3.63) is 34.9 Å². The fourth-order valence-electron chi connectivity index (χ4n) is 5.78. The van der Waals surface area contributed by atoms with Crippen LogP contribution < -0.4 is 9.47 Å². The third kappa shape index (κ3) is 3.62. The lowest BCUT2D eigenvalue weighted by Crippen LogP contribution is -2.32. The molecule has 2 heteroatoms. The lowest BCUT2D eigenvalue weighted by molar-refractivity contribution is 0.154. The van der Waals surface area contributed by atoms with Gasteiger partial charge >= 0.3 is 0 Å². The Bertz CT molecular complexity index is 746. The highest BCUT2D eigenvalue weighted by Gasteiger charge is 2.58. The molecule has 0 aliphatic heterocycles. The summed E-state index contributed by atoms with van der Waals surface area (Å²) in [4.78, 5) is 0. The van der Waals surface area contributed by atoms with Gasteiger partial charge in [0.15, 0.2) is 0 Å². The average Bonchev–Trinajstić information content (AvgIpc) is 3.03. The van der Waals surface area contributed by atoms with Gasteiger partial charge in [-0.15, -0.1) is 0 Å². The van der Waals surface area contributed by atoms with E-state index in [4.69, 9.17) is 9.47 Å². The molecule has 1 fully saturated rings. The number of hydrogen-bond acceptors (Lipinski definition) is 2. The van der Waals surface area contributed by atoms with Crippen LogP contribution in [0.15, 0.2) is 23.8 Å². The third-order valence-electron chi connectivity index (χ3n) is 8.49. The zero-order valence-corrected chi connectivity index (χ0v) is 20.1. The Hall–Kier alpha value is -1.44. The maximum Gasteiger partial charge on any atom is 0.126 e. The molecule has 29 heavy (non-hydrogen) atoms. The van der Waals surface area contributed by atoms with Crippen LogP contribution in [0, 0.1) is 10.8 Å². The number of rotatable bonds is 9. The van der Waals surface area contributed by atoms with Crippen LogP contribution in [0.1, 0.15) is 104 Å². The van der Waals surface area contributed by atoms with Crippen LogP contribution in [0.4, 0.5) is 0 Å². The smallest absolute Gasteiger partial charge is 0.126 e. The lowest BCUT2D eigenvalue weighted by Gasteiger charge is -2.40. The molecule has 0 amide bonds. The van der Waals surface area contributed by atoms with Crippen molar-refractivity contribution < 1.29 is 9.47 Å². The fraction of sp³-hybridized carbons (Fsp3) is 0.704. The molecule has 2 atom stereocenters. The number of hydrogen-bond donors (Lipinski definition) is 0. The zero-order chi connectivity index (χ0) is 21.4. The van der Waals surface area contributed by atoms with Crippen molar-refractivity contribution in [1.82, 2.24) is 0 Å². The molecule has 1 saturated carbocycles. The summed E-state index contributed by atoms with van der Waals surface area (Å²) in [5.74, 6) is 2.34. The van der Waals surface area contributed by atoms with E-state index in [2.05, 4.69) is 59.8 Å². The van der Waals surface area contributed by atoms with E-state index in [0.717, 1.165) is 11.5 Å². The summed E-state index contributed by atoms with van der Waals surface area (Å²) in [7, 11) is 3.62. The number of ether oxygens (including phenoxy) is 2. The first-order valence-electron chi connectivity index (χ1n) is 11.6. The number of benzene rings is 1. The van der Waals surface area contributed by atoms with E-state index in [1.54, 1.807) is 5.57 Å². The van der Waals surface area contributed by atoms with Crippen LogP contribution in [-0.2, 0) is 5.41 Å². The first-order chi connectivity index (χ1) is 13.6. The Morgan fingerprint density at radius 2 is 1.62 bits per heavy atom. The zero-order valence-electron chi connectivity index (χ0n) is 20.1. The minimum Gasteiger partial charge on any atom is -0.496 e. The van der Waals surface area contributed by atoms with Crippen LogP contribution in [0.2, 0.25) is 0 Å². The average molecular weight is 399 g/mol. The van der Waals surface area contributed by atoms with E-state index in [1.165, 1.54) is 56.1 Å². The van der Waals surface area contributed by atoms with Gasteiger partial charge in [0.05, 0.1) is 14.2 Å². The highest BCUT2D eigenvalue weighted by molar-refractivity contribution is 5.56. The number of methoxy groups -OCH3 is 2. The Balaban J connectivity index is 1.99. The van der Waals surface area contributed by atoms with Gasteiger partial charge in [-0.2, -0.15) is 0 Å². The molecular weight excluding hydrogens is 356 g/mol. The molecule has 2 aliphatic rings. The van der Waals surface area contributed by atoms with Crippen LogP contribution in [0.25, 0.3) is 0 Å². The molecule has 0 spiro atoms. The van der Waals surface area contributed by atoms with Crippen LogP contribution in [0.5, 0.6) is 11.5 Å². The summed E-state index contributed by atoms with van der Waals surface area (Å²) in [5.41, 5.74) is 4.75. The molecule has 0 saturated heterocycles. The standard InChI is InChI=1S/C27H42O2/c1-9-10-11-12-14-25(2,3)20-17-22(28-7)24(23(18-20)29-8)21-16-19-13-15-27(21,6)26(19,4)5/h16-18,21H,9-15H2,1-8H3/t21-,27+/m1/s1. The predicted octanol–water partition coefficient (Wildman–Crippen LogP) is 7.80. The third-order valence-corrected chi connectivity index (χ3v) is 8.49. The lowest BCUT2D eigenvalue weighted by atomic mass is 9.63. The van der Waals surface area contributed by atoms with Crippen molar-refractivity contribution in [3.8, 4) is 11.5 Å². The van der Waals surface area contributed by atoms with Crippen molar-refractivity contribution >= 4 is 0 Å². The van der Waals surface area contributed by atoms with Crippen molar-refractivity contribution in [2.24, 2.45) is 10.8 Å². The molecule has 162 valence electrons.